The summed E-state index contributed by atoms with van der Waals surface area (Å²) in [6, 6.07) is 9.59. The molecule has 0 atom stereocenters. The first-order valence-corrected chi connectivity index (χ1v) is 10.6. The SMILES string of the molecule is Cc1ccc(N(CC(=O)N/N=C\c2ccc(Cl)c(Cl)c2)S(C)(=O)=O)cc1Cl. The van der Waals surface area contributed by atoms with Gasteiger partial charge in [0.1, 0.15) is 6.54 Å². The lowest BCUT2D eigenvalue weighted by Gasteiger charge is -2.21. The molecule has 2 aromatic rings. The van der Waals surface area contributed by atoms with Gasteiger partial charge in [-0.05, 0) is 42.3 Å². The van der Waals surface area contributed by atoms with Gasteiger partial charge in [0.25, 0.3) is 5.91 Å². The molecular formula is C17H16Cl3N3O3S. The van der Waals surface area contributed by atoms with E-state index in [9.17, 15) is 13.2 Å². The Hall–Kier alpha value is -1.80. The molecule has 10 heteroatoms. The molecule has 0 bridgehead atoms. The molecule has 2 rings (SSSR count). The van der Waals surface area contributed by atoms with Gasteiger partial charge in [0, 0.05) is 5.02 Å². The average molecular weight is 449 g/mol. The summed E-state index contributed by atoms with van der Waals surface area (Å²) in [4.78, 5) is 12.1. The Balaban J connectivity index is 2.11. The van der Waals surface area contributed by atoms with Crippen LogP contribution in [0.1, 0.15) is 11.1 Å². The van der Waals surface area contributed by atoms with Gasteiger partial charge in [-0.1, -0.05) is 46.9 Å². The molecule has 0 fully saturated rings. The molecule has 0 saturated carbocycles. The van der Waals surface area contributed by atoms with E-state index < -0.39 is 22.5 Å². The quantitative estimate of drug-likeness (QED) is 0.538. The number of nitrogens with zero attached hydrogens (tertiary/aromatic N) is 2. The standard InChI is InChI=1S/C17H16Cl3N3O3S/c1-11-3-5-13(8-15(11)19)23(27(2,25)26)10-17(24)22-21-9-12-4-6-14(18)16(20)7-12/h3-9H,10H2,1-2H3,(H,22,24)/b21-9-. The molecule has 1 amide bonds. The number of anilines is 1. The first kappa shape index (κ1) is 21.5. The highest BCUT2D eigenvalue weighted by Crippen LogP contribution is 2.25. The third-order valence-corrected chi connectivity index (χ3v) is 5.76. The van der Waals surface area contributed by atoms with E-state index in [1.165, 1.54) is 12.3 Å². The molecule has 0 unspecified atom stereocenters. The van der Waals surface area contributed by atoms with Crippen LogP contribution in [0.4, 0.5) is 5.69 Å². The number of carbonyl (C=O) groups is 1. The van der Waals surface area contributed by atoms with Gasteiger partial charge in [0.05, 0.1) is 28.2 Å². The summed E-state index contributed by atoms with van der Waals surface area (Å²) in [5, 5.41) is 4.96. The zero-order valence-electron chi connectivity index (χ0n) is 14.4. The lowest BCUT2D eigenvalue weighted by molar-refractivity contribution is -0.119. The van der Waals surface area contributed by atoms with Crippen LogP contribution in [0.3, 0.4) is 0 Å². The molecule has 0 saturated heterocycles. The van der Waals surface area contributed by atoms with Crippen molar-refractivity contribution in [3.63, 3.8) is 0 Å². The summed E-state index contributed by atoms with van der Waals surface area (Å²) in [6.07, 6.45) is 2.38. The Morgan fingerprint density at radius 1 is 1.11 bits per heavy atom. The van der Waals surface area contributed by atoms with Crippen molar-refractivity contribution < 1.29 is 13.2 Å². The van der Waals surface area contributed by atoms with Crippen molar-refractivity contribution in [1.82, 2.24) is 5.43 Å². The molecule has 6 nitrogen and oxygen atoms in total. The maximum atomic E-state index is 12.1. The van der Waals surface area contributed by atoms with Crippen molar-refractivity contribution in [2.45, 2.75) is 6.92 Å². The minimum atomic E-state index is -3.70. The van der Waals surface area contributed by atoms with Crippen molar-refractivity contribution >= 4 is 62.6 Å². The Kier molecular flexibility index (Phi) is 7.11. The van der Waals surface area contributed by atoms with Crippen LogP contribution in [0.5, 0.6) is 0 Å². The third-order valence-electron chi connectivity index (χ3n) is 3.48. The number of hydrogen-bond acceptors (Lipinski definition) is 4. The van der Waals surface area contributed by atoms with Gasteiger partial charge in [0.15, 0.2) is 0 Å². The number of hydrogen-bond donors (Lipinski definition) is 1. The zero-order chi connectivity index (χ0) is 20.2. The summed E-state index contributed by atoms with van der Waals surface area (Å²) in [7, 11) is -3.70. The van der Waals surface area contributed by atoms with Gasteiger partial charge < -0.3 is 0 Å². The molecule has 0 aliphatic rings. The molecule has 0 radical (unpaired) electrons. The van der Waals surface area contributed by atoms with Crippen LogP contribution in [-0.4, -0.2) is 33.3 Å². The van der Waals surface area contributed by atoms with Gasteiger partial charge in [-0.3, -0.25) is 9.10 Å². The van der Waals surface area contributed by atoms with Crippen LogP contribution in [0, 0.1) is 6.92 Å². The second kappa shape index (κ2) is 8.93. The number of nitrogens with one attached hydrogen (secondary N) is 1. The molecular weight excluding hydrogens is 433 g/mol. The predicted octanol–water partition coefficient (Wildman–Crippen LogP) is 3.87. The van der Waals surface area contributed by atoms with Gasteiger partial charge in [-0.2, -0.15) is 5.10 Å². The molecule has 0 spiro atoms. The second-order valence-corrected chi connectivity index (χ2v) is 8.80. The van der Waals surface area contributed by atoms with Crippen molar-refractivity contribution in [3.05, 3.63) is 62.6 Å². The first-order chi connectivity index (χ1) is 12.6. The second-order valence-electron chi connectivity index (χ2n) is 5.67. The van der Waals surface area contributed by atoms with Crippen LogP contribution >= 0.6 is 34.8 Å². The number of benzene rings is 2. The molecule has 2 aromatic carbocycles. The Morgan fingerprint density at radius 2 is 1.81 bits per heavy atom. The molecule has 27 heavy (non-hydrogen) atoms. The van der Waals surface area contributed by atoms with Crippen molar-refractivity contribution in [1.29, 1.82) is 0 Å². The van der Waals surface area contributed by atoms with Crippen LogP contribution in [0.2, 0.25) is 15.1 Å². The average Bonchev–Trinajstić information content (AvgIpc) is 2.57. The Bertz CT molecular complexity index is 994. The highest BCUT2D eigenvalue weighted by atomic mass is 35.5. The van der Waals surface area contributed by atoms with E-state index in [0.29, 0.717) is 20.6 Å². The highest BCUT2D eigenvalue weighted by Gasteiger charge is 2.21. The van der Waals surface area contributed by atoms with E-state index in [1.54, 1.807) is 37.3 Å². The molecule has 0 aliphatic carbocycles. The number of aryl methyl sites for hydroxylation is 1. The largest absolute Gasteiger partial charge is 0.271 e. The number of hydrazone groups is 1. The number of sulfonamides is 1. The van der Waals surface area contributed by atoms with E-state index in [0.717, 1.165) is 16.1 Å². The van der Waals surface area contributed by atoms with Gasteiger partial charge in [-0.25, -0.2) is 13.8 Å². The number of halogens is 3. The number of amides is 1. The third kappa shape index (κ3) is 6.10. The van der Waals surface area contributed by atoms with E-state index in [4.69, 9.17) is 34.8 Å². The topological polar surface area (TPSA) is 78.8 Å². The molecule has 0 aliphatic heterocycles. The van der Waals surface area contributed by atoms with E-state index in [1.807, 2.05) is 0 Å². The summed E-state index contributed by atoms with van der Waals surface area (Å²) < 4.78 is 25.1. The lowest BCUT2D eigenvalue weighted by atomic mass is 10.2. The minimum absolute atomic E-state index is 0.289. The Labute approximate surface area is 172 Å². The normalized spacial score (nSPS) is 11.6. The Morgan fingerprint density at radius 3 is 2.41 bits per heavy atom. The van der Waals surface area contributed by atoms with Gasteiger partial charge in [0.2, 0.25) is 10.0 Å². The van der Waals surface area contributed by atoms with E-state index in [2.05, 4.69) is 10.5 Å². The maximum Gasteiger partial charge on any atom is 0.260 e. The lowest BCUT2D eigenvalue weighted by Crippen LogP contribution is -2.39. The number of carbonyl (C=O) groups excluding carboxylic acids is 1. The van der Waals surface area contributed by atoms with E-state index >= 15 is 0 Å². The van der Waals surface area contributed by atoms with Gasteiger partial charge in [-0.15, -0.1) is 0 Å². The number of rotatable bonds is 6. The summed E-state index contributed by atoms with van der Waals surface area (Å²) in [5.74, 6) is -0.617. The zero-order valence-corrected chi connectivity index (χ0v) is 17.5. The van der Waals surface area contributed by atoms with E-state index in [-0.39, 0.29) is 5.69 Å². The fraction of sp³-hybridized carbons (Fsp3) is 0.176. The van der Waals surface area contributed by atoms with Crippen LogP contribution in [0.15, 0.2) is 41.5 Å². The summed E-state index contributed by atoms with van der Waals surface area (Å²) >= 11 is 17.8. The fourth-order valence-corrected chi connectivity index (χ4v) is 3.40. The summed E-state index contributed by atoms with van der Waals surface area (Å²) in [6.45, 7) is 1.35. The fourth-order valence-electron chi connectivity index (χ4n) is 2.07. The summed E-state index contributed by atoms with van der Waals surface area (Å²) in [5.41, 5.74) is 3.98. The maximum absolute atomic E-state index is 12.1. The van der Waals surface area contributed by atoms with Crippen molar-refractivity contribution in [2.75, 3.05) is 17.1 Å². The minimum Gasteiger partial charge on any atom is -0.271 e. The predicted molar refractivity (Wildman–Crippen MR) is 111 cm³/mol. The molecule has 144 valence electrons. The van der Waals surface area contributed by atoms with Crippen molar-refractivity contribution in [2.24, 2.45) is 5.10 Å². The molecule has 0 heterocycles. The van der Waals surface area contributed by atoms with Crippen LogP contribution < -0.4 is 9.73 Å². The first-order valence-electron chi connectivity index (χ1n) is 7.59. The van der Waals surface area contributed by atoms with Crippen LogP contribution in [-0.2, 0) is 14.8 Å². The highest BCUT2D eigenvalue weighted by molar-refractivity contribution is 7.92. The molecule has 0 aromatic heterocycles. The molecule has 1 N–H and O–H groups in total. The van der Waals surface area contributed by atoms with Gasteiger partial charge >= 0.3 is 0 Å². The monoisotopic (exact) mass is 447 g/mol. The smallest absolute Gasteiger partial charge is 0.260 e. The van der Waals surface area contributed by atoms with Crippen LogP contribution in [0.25, 0.3) is 0 Å². The van der Waals surface area contributed by atoms with Crippen molar-refractivity contribution in [3.8, 4) is 0 Å².